The third-order valence-electron chi connectivity index (χ3n) is 5.77. The van der Waals surface area contributed by atoms with Crippen molar-refractivity contribution in [3.63, 3.8) is 0 Å². The highest BCUT2D eigenvalue weighted by Crippen LogP contribution is 2.26. The van der Waals surface area contributed by atoms with Crippen LogP contribution in [0.15, 0.2) is 47.2 Å². The second-order valence-corrected chi connectivity index (χ2v) is 10.8. The van der Waals surface area contributed by atoms with Crippen molar-refractivity contribution in [2.75, 3.05) is 39.5 Å². The predicted molar refractivity (Wildman–Crippen MR) is 122 cm³/mol. The fraction of sp³-hybridized carbons (Fsp3) is 0.500. The number of benzene rings is 1. The highest BCUT2D eigenvalue weighted by Gasteiger charge is 2.27. The van der Waals surface area contributed by atoms with E-state index in [-0.39, 0.29) is 17.9 Å². The van der Waals surface area contributed by atoms with Crippen LogP contribution in [0.2, 0.25) is 0 Å². The van der Waals surface area contributed by atoms with E-state index in [4.69, 9.17) is 0 Å². The minimum absolute atomic E-state index is 0.0183. The number of rotatable bonds is 9. The molecule has 0 radical (unpaired) electrons. The number of hydrogen-bond acceptors (Lipinski definition) is 5. The quantitative estimate of drug-likeness (QED) is 0.639. The molecule has 8 heteroatoms. The van der Waals surface area contributed by atoms with Crippen molar-refractivity contribution in [3.8, 4) is 0 Å². The summed E-state index contributed by atoms with van der Waals surface area (Å²) in [6, 6.07) is 12.0. The summed E-state index contributed by atoms with van der Waals surface area (Å²) in [4.78, 5) is 15.3. The topological polar surface area (TPSA) is 69.7 Å². The summed E-state index contributed by atoms with van der Waals surface area (Å²) in [5.74, 6) is 0.135. The molecule has 1 amide bonds. The van der Waals surface area contributed by atoms with Crippen LogP contribution < -0.4 is 5.32 Å². The molecule has 1 aromatic carbocycles. The second kappa shape index (κ2) is 10.5. The first-order valence-corrected chi connectivity index (χ1v) is 13.1. The fourth-order valence-corrected chi connectivity index (χ4v) is 4.95. The maximum Gasteiger partial charge on any atom is 0.223 e. The molecule has 0 bridgehead atoms. The summed E-state index contributed by atoms with van der Waals surface area (Å²) in [5.41, 5.74) is 2.21. The van der Waals surface area contributed by atoms with Gasteiger partial charge in [-0.3, -0.25) is 4.79 Å². The average molecular weight is 450 g/mol. The molecule has 1 atom stereocenters. The molecule has 1 aliphatic rings. The molecule has 1 aliphatic heterocycles. The van der Waals surface area contributed by atoms with Gasteiger partial charge in [0.15, 0.2) is 0 Å². The fourth-order valence-electron chi connectivity index (χ4n) is 3.81. The van der Waals surface area contributed by atoms with Crippen LogP contribution in [0.25, 0.3) is 0 Å². The van der Waals surface area contributed by atoms with E-state index >= 15 is 0 Å². The van der Waals surface area contributed by atoms with Gasteiger partial charge in [0.25, 0.3) is 0 Å². The van der Waals surface area contributed by atoms with Gasteiger partial charge in [-0.05, 0) is 66.9 Å². The maximum atomic E-state index is 13.0. The summed E-state index contributed by atoms with van der Waals surface area (Å²) >= 11 is 1.64. The highest BCUT2D eigenvalue weighted by atomic mass is 32.2. The Balaban J connectivity index is 1.50. The number of amides is 1. The number of hydrogen-bond donors (Lipinski definition) is 1. The van der Waals surface area contributed by atoms with Crippen molar-refractivity contribution < 1.29 is 13.2 Å². The Labute approximate surface area is 183 Å². The van der Waals surface area contributed by atoms with Crippen molar-refractivity contribution in [1.82, 2.24) is 14.5 Å². The average Bonchev–Trinajstić information content (AvgIpc) is 3.26. The number of piperidine rings is 1. The first kappa shape index (κ1) is 22.9. The van der Waals surface area contributed by atoms with E-state index in [0.717, 1.165) is 50.0 Å². The number of carbonyl (C=O) groups excluding carboxylic acids is 1. The smallest absolute Gasteiger partial charge is 0.223 e. The molecule has 1 unspecified atom stereocenters. The lowest BCUT2D eigenvalue weighted by atomic mass is 9.94. The van der Waals surface area contributed by atoms with Gasteiger partial charge in [-0.15, -0.1) is 0 Å². The van der Waals surface area contributed by atoms with Crippen molar-refractivity contribution in [2.45, 2.75) is 25.3 Å². The molecule has 1 N–H and O–H groups in total. The minimum Gasteiger partial charge on any atom is -0.345 e. The summed E-state index contributed by atoms with van der Waals surface area (Å²) in [6.45, 7) is 3.12. The normalized spacial score (nSPS) is 17.2. The molecular weight excluding hydrogens is 418 g/mol. The number of thiophene rings is 1. The highest BCUT2D eigenvalue weighted by molar-refractivity contribution is 7.88. The van der Waals surface area contributed by atoms with Crippen LogP contribution in [-0.2, 0) is 14.8 Å². The monoisotopic (exact) mass is 449 g/mol. The van der Waals surface area contributed by atoms with Crippen LogP contribution >= 0.6 is 11.3 Å². The number of sulfonamides is 1. The number of nitrogens with zero attached hydrogens (tertiary/aromatic N) is 2. The van der Waals surface area contributed by atoms with Gasteiger partial charge in [-0.25, -0.2) is 12.7 Å². The molecule has 1 aromatic heterocycles. The lowest BCUT2D eigenvalue weighted by Gasteiger charge is -2.32. The Morgan fingerprint density at radius 2 is 1.90 bits per heavy atom. The van der Waals surface area contributed by atoms with E-state index < -0.39 is 10.0 Å². The molecule has 6 nitrogen and oxygen atoms in total. The van der Waals surface area contributed by atoms with E-state index in [9.17, 15) is 13.2 Å². The van der Waals surface area contributed by atoms with Gasteiger partial charge in [0.1, 0.15) is 0 Å². The van der Waals surface area contributed by atoms with Crippen LogP contribution in [0.5, 0.6) is 0 Å². The Hall–Kier alpha value is -1.74. The number of nitrogens with one attached hydrogen (secondary N) is 1. The largest absolute Gasteiger partial charge is 0.345 e. The van der Waals surface area contributed by atoms with Crippen LogP contribution in [0.4, 0.5) is 0 Å². The Kier molecular flexibility index (Phi) is 8.05. The van der Waals surface area contributed by atoms with Gasteiger partial charge in [-0.1, -0.05) is 30.3 Å². The van der Waals surface area contributed by atoms with E-state index in [2.05, 4.69) is 33.8 Å². The van der Waals surface area contributed by atoms with Gasteiger partial charge < -0.3 is 10.2 Å². The van der Waals surface area contributed by atoms with Crippen molar-refractivity contribution in [3.05, 3.63) is 58.3 Å². The van der Waals surface area contributed by atoms with E-state index in [0.29, 0.717) is 6.54 Å². The molecule has 1 saturated heterocycles. The zero-order chi connectivity index (χ0) is 21.6. The maximum absolute atomic E-state index is 13.0. The summed E-state index contributed by atoms with van der Waals surface area (Å²) < 4.78 is 24.3. The predicted octanol–water partition coefficient (Wildman–Crippen LogP) is 2.95. The van der Waals surface area contributed by atoms with Crippen molar-refractivity contribution in [1.29, 1.82) is 0 Å². The van der Waals surface area contributed by atoms with Crippen molar-refractivity contribution >= 4 is 27.3 Å². The number of carbonyl (C=O) groups is 1. The molecule has 164 valence electrons. The van der Waals surface area contributed by atoms with Crippen molar-refractivity contribution in [2.24, 2.45) is 5.92 Å². The lowest BCUT2D eigenvalue weighted by Crippen LogP contribution is -2.42. The molecule has 30 heavy (non-hydrogen) atoms. The third-order valence-corrected chi connectivity index (χ3v) is 7.78. The van der Waals surface area contributed by atoms with E-state index in [1.807, 2.05) is 23.6 Å². The second-order valence-electron chi connectivity index (χ2n) is 7.96. The molecule has 3 rings (SSSR count). The van der Waals surface area contributed by atoms with Gasteiger partial charge in [0.05, 0.1) is 12.3 Å². The summed E-state index contributed by atoms with van der Waals surface area (Å²) in [6.07, 6.45) is 3.70. The standard InChI is InChI=1S/C22H31N3O3S2/c1-24(30(2,27)28)12-6-13-25-14-9-19(10-15-25)22(26)23-21(20-11-16-29-17-20)18-7-4-3-5-8-18/h3-5,7-8,11,16-17,19,21H,6,9-10,12-15H2,1-2H3,(H,23,26). The number of likely N-dealkylation sites (tertiary alicyclic amines) is 1. The third kappa shape index (κ3) is 6.38. The summed E-state index contributed by atoms with van der Waals surface area (Å²) in [7, 11) is -1.50. The van der Waals surface area contributed by atoms with Crippen LogP contribution in [0, 0.1) is 5.92 Å². The first-order valence-electron chi connectivity index (χ1n) is 10.4. The molecule has 0 spiro atoms. The Bertz CT molecular complexity index is 893. The van der Waals surface area contributed by atoms with Gasteiger partial charge in [0.2, 0.25) is 15.9 Å². The molecule has 0 aliphatic carbocycles. The molecule has 1 fully saturated rings. The van der Waals surface area contributed by atoms with E-state index in [1.165, 1.54) is 10.6 Å². The SMILES string of the molecule is CN(CCCN1CCC(C(=O)NC(c2ccccc2)c2ccsc2)CC1)S(C)(=O)=O. The minimum atomic E-state index is -3.12. The Morgan fingerprint density at radius 1 is 1.20 bits per heavy atom. The van der Waals surface area contributed by atoms with Crippen LogP contribution in [0.3, 0.4) is 0 Å². The zero-order valence-corrected chi connectivity index (χ0v) is 19.3. The first-order chi connectivity index (χ1) is 14.3. The van der Waals surface area contributed by atoms with Crippen LogP contribution in [0.1, 0.15) is 36.4 Å². The summed E-state index contributed by atoms with van der Waals surface area (Å²) in [5, 5.41) is 7.40. The zero-order valence-electron chi connectivity index (χ0n) is 17.7. The lowest BCUT2D eigenvalue weighted by molar-refractivity contribution is -0.127. The molecule has 0 saturated carbocycles. The molecule has 2 heterocycles. The Morgan fingerprint density at radius 3 is 2.50 bits per heavy atom. The van der Waals surface area contributed by atoms with Gasteiger partial charge in [0, 0.05) is 19.5 Å². The molecular formula is C22H31N3O3S2. The van der Waals surface area contributed by atoms with Crippen LogP contribution in [-0.4, -0.2) is 63.0 Å². The van der Waals surface area contributed by atoms with Gasteiger partial charge >= 0.3 is 0 Å². The molecule has 2 aromatic rings. The van der Waals surface area contributed by atoms with E-state index in [1.54, 1.807) is 18.4 Å². The van der Waals surface area contributed by atoms with Gasteiger partial charge in [-0.2, -0.15) is 11.3 Å².